The van der Waals surface area contributed by atoms with Crippen molar-refractivity contribution in [1.29, 1.82) is 0 Å². The molecule has 0 aromatic heterocycles. The van der Waals surface area contributed by atoms with E-state index >= 15 is 0 Å². The molecule has 0 fully saturated rings. The molecule has 16 heavy (non-hydrogen) atoms. The first-order valence-electron chi connectivity index (χ1n) is 4.05. The van der Waals surface area contributed by atoms with Gasteiger partial charge in [-0.05, 0) is 33.6 Å². The maximum absolute atomic E-state index is 12.8. The zero-order valence-electron chi connectivity index (χ0n) is 7.60. The van der Waals surface area contributed by atoms with Crippen molar-refractivity contribution >= 4 is 15.9 Å². The van der Waals surface area contributed by atoms with Crippen LogP contribution in [0.5, 0.6) is 0 Å². The van der Waals surface area contributed by atoms with Crippen LogP contribution < -0.4 is 0 Å². The maximum atomic E-state index is 12.8. The smallest absolute Gasteiger partial charge is 0.336 e. The van der Waals surface area contributed by atoms with Crippen molar-refractivity contribution in [3.63, 3.8) is 0 Å². The monoisotopic (exact) mass is 304 g/mol. The van der Waals surface area contributed by atoms with Gasteiger partial charge in [-0.25, -0.2) is 13.2 Å². The Morgan fingerprint density at radius 2 is 1.81 bits per heavy atom. The van der Waals surface area contributed by atoms with Gasteiger partial charge in [-0.15, -0.1) is 0 Å². The summed E-state index contributed by atoms with van der Waals surface area (Å²) >= 11 is 2.70. The van der Waals surface area contributed by atoms with E-state index < -0.39 is 29.8 Å². The van der Waals surface area contributed by atoms with Crippen LogP contribution in [0.2, 0.25) is 0 Å². The standard InChI is InChI=1S/C9H6BrF5O/c10-5-3-4(1-2-6(5)11)7(16)9(14,15)8(12)13/h1-3,7-8,16H. The van der Waals surface area contributed by atoms with Crippen LogP contribution in [0.1, 0.15) is 11.7 Å². The van der Waals surface area contributed by atoms with Gasteiger partial charge in [0.25, 0.3) is 0 Å². The van der Waals surface area contributed by atoms with Gasteiger partial charge < -0.3 is 5.11 Å². The Morgan fingerprint density at radius 1 is 1.25 bits per heavy atom. The highest BCUT2D eigenvalue weighted by molar-refractivity contribution is 9.10. The second-order valence-electron chi connectivity index (χ2n) is 3.05. The lowest BCUT2D eigenvalue weighted by Crippen LogP contribution is -2.34. The molecule has 0 saturated carbocycles. The summed E-state index contributed by atoms with van der Waals surface area (Å²) in [7, 11) is 0. The number of aliphatic hydroxyl groups is 1. The largest absolute Gasteiger partial charge is 0.382 e. The van der Waals surface area contributed by atoms with E-state index in [4.69, 9.17) is 5.11 Å². The van der Waals surface area contributed by atoms with E-state index in [0.29, 0.717) is 0 Å². The molecule has 0 aliphatic carbocycles. The zero-order chi connectivity index (χ0) is 12.5. The SMILES string of the molecule is OC(c1ccc(F)c(Br)c1)C(F)(F)C(F)F. The van der Waals surface area contributed by atoms with E-state index in [2.05, 4.69) is 15.9 Å². The lowest BCUT2D eigenvalue weighted by Gasteiger charge is -2.22. The average Bonchev–Trinajstić information content (AvgIpc) is 2.20. The summed E-state index contributed by atoms with van der Waals surface area (Å²) < 4.78 is 61.9. The molecule has 0 heterocycles. The highest BCUT2D eigenvalue weighted by Gasteiger charge is 2.48. The van der Waals surface area contributed by atoms with E-state index in [9.17, 15) is 22.0 Å². The minimum absolute atomic E-state index is 0.186. The molecule has 1 atom stereocenters. The Morgan fingerprint density at radius 3 is 2.25 bits per heavy atom. The van der Waals surface area contributed by atoms with E-state index in [0.717, 1.165) is 18.2 Å². The van der Waals surface area contributed by atoms with Gasteiger partial charge in [-0.2, -0.15) is 8.78 Å². The number of rotatable bonds is 3. The molecule has 0 aliphatic heterocycles. The lowest BCUT2D eigenvalue weighted by atomic mass is 10.0. The molecule has 1 aromatic rings. The minimum atomic E-state index is -4.57. The van der Waals surface area contributed by atoms with Gasteiger partial charge in [0.05, 0.1) is 4.47 Å². The molecule has 1 aromatic carbocycles. The Hall–Kier alpha value is -0.690. The van der Waals surface area contributed by atoms with Crippen LogP contribution in [0.3, 0.4) is 0 Å². The minimum Gasteiger partial charge on any atom is -0.382 e. The predicted octanol–water partition coefficient (Wildman–Crippen LogP) is 3.52. The van der Waals surface area contributed by atoms with E-state index in [-0.39, 0.29) is 4.47 Å². The fraction of sp³-hybridized carbons (Fsp3) is 0.333. The molecule has 1 N–H and O–H groups in total. The van der Waals surface area contributed by atoms with Crippen molar-refractivity contribution < 1.29 is 27.1 Å². The van der Waals surface area contributed by atoms with Crippen molar-refractivity contribution in [2.24, 2.45) is 0 Å². The van der Waals surface area contributed by atoms with E-state index in [1.54, 1.807) is 0 Å². The van der Waals surface area contributed by atoms with E-state index in [1.165, 1.54) is 0 Å². The number of hydrogen-bond donors (Lipinski definition) is 1. The van der Waals surface area contributed by atoms with Crippen LogP contribution >= 0.6 is 15.9 Å². The summed E-state index contributed by atoms with van der Waals surface area (Å²) in [5, 5.41) is 9.06. The fourth-order valence-corrected chi connectivity index (χ4v) is 1.42. The Bertz CT molecular complexity index is 382. The summed E-state index contributed by atoms with van der Waals surface area (Å²) in [4.78, 5) is 0. The maximum Gasteiger partial charge on any atom is 0.336 e. The van der Waals surface area contributed by atoms with Crippen LogP contribution in [0.4, 0.5) is 22.0 Å². The Labute approximate surface area is 96.0 Å². The molecule has 0 amide bonds. The molecule has 0 radical (unpaired) electrons. The highest BCUT2D eigenvalue weighted by atomic mass is 79.9. The van der Waals surface area contributed by atoms with Gasteiger partial charge in [-0.1, -0.05) is 6.07 Å². The zero-order valence-corrected chi connectivity index (χ0v) is 9.19. The molecule has 0 saturated heterocycles. The molecule has 90 valence electrons. The third kappa shape index (κ3) is 2.52. The molecule has 7 heteroatoms. The number of alkyl halides is 4. The second-order valence-corrected chi connectivity index (χ2v) is 3.91. The normalized spacial score (nSPS) is 14.2. The van der Waals surface area contributed by atoms with Gasteiger partial charge >= 0.3 is 12.3 Å². The molecule has 1 unspecified atom stereocenters. The quantitative estimate of drug-likeness (QED) is 0.847. The average molecular weight is 305 g/mol. The molecular weight excluding hydrogens is 299 g/mol. The number of halogens is 6. The highest BCUT2D eigenvalue weighted by Crippen LogP contribution is 2.37. The van der Waals surface area contributed by atoms with Crippen LogP contribution in [0, 0.1) is 5.82 Å². The first-order chi connectivity index (χ1) is 7.26. The predicted molar refractivity (Wildman–Crippen MR) is 50.0 cm³/mol. The summed E-state index contributed by atoms with van der Waals surface area (Å²) in [5.41, 5.74) is -0.487. The van der Waals surface area contributed by atoms with Crippen molar-refractivity contribution in [2.45, 2.75) is 18.5 Å². The van der Waals surface area contributed by atoms with Gasteiger partial charge in [0.15, 0.2) is 0 Å². The van der Waals surface area contributed by atoms with Gasteiger partial charge in [-0.3, -0.25) is 0 Å². The molecule has 0 bridgehead atoms. The lowest BCUT2D eigenvalue weighted by molar-refractivity contribution is -0.193. The van der Waals surface area contributed by atoms with Crippen LogP contribution in [0.15, 0.2) is 22.7 Å². The molecule has 0 spiro atoms. The fourth-order valence-electron chi connectivity index (χ4n) is 1.02. The first kappa shape index (κ1) is 13.4. The Balaban J connectivity index is 3.05. The topological polar surface area (TPSA) is 20.2 Å². The summed E-state index contributed by atoms with van der Waals surface area (Å²) in [6.45, 7) is 0. The van der Waals surface area contributed by atoms with Crippen LogP contribution in [0.25, 0.3) is 0 Å². The number of benzene rings is 1. The summed E-state index contributed by atoms with van der Waals surface area (Å²) in [5.74, 6) is -5.31. The third-order valence-electron chi connectivity index (χ3n) is 1.91. The van der Waals surface area contributed by atoms with Gasteiger partial charge in [0, 0.05) is 0 Å². The molecule has 1 rings (SSSR count). The number of hydrogen-bond acceptors (Lipinski definition) is 1. The third-order valence-corrected chi connectivity index (χ3v) is 2.52. The first-order valence-corrected chi connectivity index (χ1v) is 4.85. The van der Waals surface area contributed by atoms with Gasteiger partial charge in [0.2, 0.25) is 0 Å². The molecule has 1 nitrogen and oxygen atoms in total. The van der Waals surface area contributed by atoms with Crippen molar-refractivity contribution in [3.05, 3.63) is 34.1 Å². The molecular formula is C9H6BrF5O. The van der Waals surface area contributed by atoms with Gasteiger partial charge in [0.1, 0.15) is 11.9 Å². The summed E-state index contributed by atoms with van der Waals surface area (Å²) in [6.07, 6.45) is -6.67. The van der Waals surface area contributed by atoms with Crippen LogP contribution in [-0.4, -0.2) is 17.5 Å². The number of aliphatic hydroxyl groups excluding tert-OH is 1. The molecule has 0 aliphatic rings. The summed E-state index contributed by atoms with van der Waals surface area (Å²) in [6, 6.07) is 2.45. The van der Waals surface area contributed by atoms with Crippen LogP contribution in [-0.2, 0) is 0 Å². The van der Waals surface area contributed by atoms with Crippen molar-refractivity contribution in [3.8, 4) is 0 Å². The Kier molecular flexibility index (Phi) is 3.90. The van der Waals surface area contributed by atoms with E-state index in [1.807, 2.05) is 0 Å². The van der Waals surface area contributed by atoms with Crippen molar-refractivity contribution in [1.82, 2.24) is 0 Å². The van der Waals surface area contributed by atoms with Crippen molar-refractivity contribution in [2.75, 3.05) is 0 Å². The second kappa shape index (κ2) is 4.67.